The quantitative estimate of drug-likeness (QED) is 0.178. The minimum absolute atomic E-state index is 0.166. The number of imidazole rings is 1. The molecule has 0 saturated heterocycles. The van der Waals surface area contributed by atoms with Crippen LogP contribution in [0.15, 0.2) is 60.7 Å². The zero-order valence-corrected chi connectivity index (χ0v) is 24.3. The highest BCUT2D eigenvalue weighted by Gasteiger charge is 2.17. The summed E-state index contributed by atoms with van der Waals surface area (Å²) in [6.07, 6.45) is 4.90. The number of benzene rings is 3. The number of hydrogen-bond donors (Lipinski definition) is 1. The van der Waals surface area contributed by atoms with Crippen LogP contribution in [0.3, 0.4) is 0 Å². The van der Waals surface area contributed by atoms with Crippen LogP contribution in [0.2, 0.25) is 0 Å². The Labute approximate surface area is 237 Å². The molecule has 1 unspecified atom stereocenters. The number of para-hydroxylation sites is 2. The van der Waals surface area contributed by atoms with Gasteiger partial charge in [0.1, 0.15) is 5.82 Å². The van der Waals surface area contributed by atoms with Crippen molar-refractivity contribution in [2.75, 3.05) is 27.9 Å². The summed E-state index contributed by atoms with van der Waals surface area (Å²) in [5.74, 6) is 2.90. The number of aromatic nitrogens is 2. The molecule has 1 amide bonds. The van der Waals surface area contributed by atoms with Crippen LogP contribution in [-0.4, -0.2) is 43.3 Å². The molecule has 1 atom stereocenters. The number of fused-ring (bicyclic) bond motifs is 1. The van der Waals surface area contributed by atoms with Gasteiger partial charge >= 0.3 is 0 Å². The van der Waals surface area contributed by atoms with Crippen molar-refractivity contribution in [2.24, 2.45) is 0 Å². The fourth-order valence-electron chi connectivity index (χ4n) is 4.96. The molecule has 0 spiro atoms. The van der Waals surface area contributed by atoms with Gasteiger partial charge in [-0.25, -0.2) is 4.98 Å². The van der Waals surface area contributed by atoms with Gasteiger partial charge in [0.25, 0.3) is 5.91 Å². The lowest BCUT2D eigenvalue weighted by atomic mass is 9.97. The van der Waals surface area contributed by atoms with Gasteiger partial charge in [0.05, 0.1) is 32.4 Å². The minimum Gasteiger partial charge on any atom is -0.493 e. The van der Waals surface area contributed by atoms with Crippen LogP contribution >= 0.6 is 0 Å². The molecule has 0 aliphatic carbocycles. The van der Waals surface area contributed by atoms with Crippen LogP contribution in [0.4, 0.5) is 0 Å². The van der Waals surface area contributed by atoms with E-state index in [4.69, 9.17) is 19.2 Å². The molecular weight excluding hydrogens is 502 g/mol. The number of carbonyl (C=O) groups is 1. The van der Waals surface area contributed by atoms with Crippen LogP contribution in [0.25, 0.3) is 11.0 Å². The smallest absolute Gasteiger partial charge is 0.251 e. The van der Waals surface area contributed by atoms with Gasteiger partial charge in [0.2, 0.25) is 5.75 Å². The topological polar surface area (TPSA) is 74.6 Å². The number of amides is 1. The number of nitrogens with one attached hydrogen (secondary N) is 1. The third-order valence-corrected chi connectivity index (χ3v) is 7.53. The van der Waals surface area contributed by atoms with Crippen LogP contribution < -0.4 is 19.5 Å². The zero-order chi connectivity index (χ0) is 28.5. The highest BCUT2D eigenvalue weighted by atomic mass is 16.5. The van der Waals surface area contributed by atoms with E-state index in [1.807, 2.05) is 6.07 Å². The molecule has 4 rings (SSSR count). The summed E-state index contributed by atoms with van der Waals surface area (Å²) in [6.45, 7) is 5.90. The molecule has 40 heavy (non-hydrogen) atoms. The van der Waals surface area contributed by atoms with E-state index in [9.17, 15) is 4.79 Å². The first-order chi connectivity index (χ1) is 19.5. The molecule has 0 aliphatic heterocycles. The predicted molar refractivity (Wildman–Crippen MR) is 160 cm³/mol. The van der Waals surface area contributed by atoms with Crippen molar-refractivity contribution in [3.63, 3.8) is 0 Å². The lowest BCUT2D eigenvalue weighted by molar-refractivity contribution is 0.0952. The summed E-state index contributed by atoms with van der Waals surface area (Å²) < 4.78 is 18.4. The molecule has 7 heteroatoms. The van der Waals surface area contributed by atoms with Crippen molar-refractivity contribution >= 4 is 16.9 Å². The van der Waals surface area contributed by atoms with Crippen LogP contribution in [-0.2, 0) is 13.0 Å². The Morgan fingerprint density at radius 1 is 0.925 bits per heavy atom. The Bertz CT molecular complexity index is 1390. The van der Waals surface area contributed by atoms with Gasteiger partial charge in [-0.3, -0.25) is 4.79 Å². The fourth-order valence-corrected chi connectivity index (χ4v) is 4.96. The number of unbranched alkanes of at least 4 members (excludes halogenated alkanes) is 2. The first-order valence-corrected chi connectivity index (χ1v) is 14.1. The molecule has 0 radical (unpaired) electrons. The number of hydrogen-bond acceptors (Lipinski definition) is 5. The van der Waals surface area contributed by atoms with Crippen molar-refractivity contribution < 1.29 is 19.0 Å². The lowest BCUT2D eigenvalue weighted by Crippen LogP contribution is -2.24. The number of ether oxygens (including phenoxy) is 3. The number of aryl methyl sites for hydroxylation is 1. The van der Waals surface area contributed by atoms with Crippen molar-refractivity contribution in [2.45, 2.75) is 58.4 Å². The molecule has 3 aromatic carbocycles. The van der Waals surface area contributed by atoms with E-state index in [0.717, 1.165) is 50.0 Å². The Kier molecular flexibility index (Phi) is 10.1. The van der Waals surface area contributed by atoms with Crippen molar-refractivity contribution in [1.29, 1.82) is 0 Å². The zero-order valence-electron chi connectivity index (χ0n) is 24.3. The fraction of sp³-hybridized carbons (Fsp3) is 0.394. The summed E-state index contributed by atoms with van der Waals surface area (Å²) in [7, 11) is 4.62. The third-order valence-electron chi connectivity index (χ3n) is 7.53. The number of methoxy groups -OCH3 is 3. The molecule has 1 N–H and O–H groups in total. The molecule has 1 heterocycles. The van der Waals surface area contributed by atoms with Gasteiger partial charge in [0.15, 0.2) is 11.5 Å². The van der Waals surface area contributed by atoms with Gasteiger partial charge in [-0.1, -0.05) is 56.7 Å². The average Bonchev–Trinajstić information content (AvgIpc) is 3.34. The van der Waals surface area contributed by atoms with Gasteiger partial charge < -0.3 is 24.1 Å². The second-order valence-corrected chi connectivity index (χ2v) is 10.1. The largest absolute Gasteiger partial charge is 0.493 e. The standard InChI is InChI=1S/C33H41N3O4/c1-6-23(2)25-17-15-24(16-18-25)22-36-28-13-10-9-12-27(28)35-31(36)14-8-7-11-19-34-33(37)26-20-29(38-3)32(40-5)30(21-26)39-4/h9-10,12-13,15-18,20-21,23H,6-8,11,14,19,22H2,1-5H3,(H,34,37). The van der Waals surface area contributed by atoms with Crippen molar-refractivity contribution in [1.82, 2.24) is 14.9 Å². The number of nitrogens with zero attached hydrogens (tertiary/aromatic N) is 2. The summed E-state index contributed by atoms with van der Waals surface area (Å²) in [5.41, 5.74) is 5.35. The Morgan fingerprint density at radius 3 is 2.27 bits per heavy atom. The monoisotopic (exact) mass is 543 g/mol. The first-order valence-electron chi connectivity index (χ1n) is 14.1. The molecule has 0 aliphatic rings. The lowest BCUT2D eigenvalue weighted by Gasteiger charge is -2.14. The van der Waals surface area contributed by atoms with Crippen molar-refractivity contribution in [3.05, 3.63) is 83.2 Å². The number of carbonyl (C=O) groups excluding carboxylic acids is 1. The molecule has 212 valence electrons. The maximum absolute atomic E-state index is 12.8. The molecule has 4 aromatic rings. The van der Waals surface area contributed by atoms with Crippen LogP contribution in [0.5, 0.6) is 17.2 Å². The maximum Gasteiger partial charge on any atom is 0.251 e. The normalized spacial score (nSPS) is 11.8. The summed E-state index contributed by atoms with van der Waals surface area (Å²) in [5, 5.41) is 3.01. The van der Waals surface area contributed by atoms with Gasteiger partial charge in [-0.2, -0.15) is 0 Å². The number of rotatable bonds is 14. The second kappa shape index (κ2) is 13.9. The third kappa shape index (κ3) is 6.76. The maximum atomic E-state index is 12.8. The Morgan fingerprint density at radius 2 is 1.62 bits per heavy atom. The van der Waals surface area contributed by atoms with E-state index in [-0.39, 0.29) is 5.91 Å². The second-order valence-electron chi connectivity index (χ2n) is 10.1. The van der Waals surface area contributed by atoms with E-state index in [1.54, 1.807) is 19.2 Å². The highest BCUT2D eigenvalue weighted by Crippen LogP contribution is 2.38. The summed E-state index contributed by atoms with van der Waals surface area (Å²) >= 11 is 0. The molecule has 0 fully saturated rings. The van der Waals surface area contributed by atoms with Gasteiger partial charge in [-0.05, 0) is 60.6 Å². The van der Waals surface area contributed by atoms with Crippen LogP contribution in [0.1, 0.15) is 72.8 Å². The van der Waals surface area contributed by atoms with Crippen molar-refractivity contribution in [3.8, 4) is 17.2 Å². The van der Waals surface area contributed by atoms with E-state index in [0.29, 0.717) is 35.3 Å². The molecule has 0 saturated carbocycles. The summed E-state index contributed by atoms with van der Waals surface area (Å²) in [4.78, 5) is 17.7. The highest BCUT2D eigenvalue weighted by molar-refractivity contribution is 5.95. The van der Waals surface area contributed by atoms with E-state index >= 15 is 0 Å². The van der Waals surface area contributed by atoms with E-state index in [2.05, 4.69) is 66.2 Å². The first kappa shape index (κ1) is 29.0. The van der Waals surface area contributed by atoms with E-state index < -0.39 is 0 Å². The molecule has 7 nitrogen and oxygen atoms in total. The van der Waals surface area contributed by atoms with Crippen LogP contribution in [0, 0.1) is 0 Å². The average molecular weight is 544 g/mol. The molecule has 1 aromatic heterocycles. The Hall–Kier alpha value is -4.00. The van der Waals surface area contributed by atoms with Gasteiger partial charge in [-0.15, -0.1) is 0 Å². The SMILES string of the molecule is CCC(C)c1ccc(Cn2c(CCCCCNC(=O)c3cc(OC)c(OC)c(OC)c3)nc3ccccc32)cc1. The van der Waals surface area contributed by atoms with E-state index in [1.165, 1.54) is 30.9 Å². The predicted octanol–water partition coefficient (Wildman–Crippen LogP) is 6.77. The summed E-state index contributed by atoms with van der Waals surface area (Å²) in [6, 6.07) is 20.7. The molecule has 0 bridgehead atoms. The minimum atomic E-state index is -0.166. The Balaban J connectivity index is 1.33. The molecular formula is C33H41N3O4. The van der Waals surface area contributed by atoms with Gasteiger partial charge in [0, 0.05) is 25.1 Å².